The predicted octanol–water partition coefficient (Wildman–Crippen LogP) is 1.51. The molecule has 3 rings (SSSR count). The molecule has 1 spiro atoms. The number of fused-ring (bicyclic) bond motifs is 2. The molecule has 2 atom stereocenters. The minimum absolute atomic E-state index is 0.297. The number of carbonyl (C=O) groups excluding carboxylic acids is 1. The first-order valence-electron chi connectivity index (χ1n) is 5.55. The summed E-state index contributed by atoms with van der Waals surface area (Å²) in [5.74, 6) is 1.19. The number of hydrogen-bond donors (Lipinski definition) is 0. The number of ketones is 1. The number of rotatable bonds is 0. The molecule has 3 aliphatic rings. The van der Waals surface area contributed by atoms with Crippen LogP contribution in [0, 0.1) is 11.8 Å². The van der Waals surface area contributed by atoms with E-state index >= 15 is 0 Å². The molecule has 1 aliphatic heterocycles. The van der Waals surface area contributed by atoms with Gasteiger partial charge in [-0.15, -0.1) is 0 Å². The van der Waals surface area contributed by atoms with E-state index in [1.54, 1.807) is 0 Å². The average Bonchev–Trinajstić information content (AvgIpc) is 2.50. The second-order valence-corrected chi connectivity index (χ2v) is 4.93. The lowest BCUT2D eigenvalue weighted by Gasteiger charge is -2.43. The van der Waals surface area contributed by atoms with Crippen molar-refractivity contribution in [2.75, 3.05) is 13.2 Å². The number of hydrogen-bond acceptors (Lipinski definition) is 3. The van der Waals surface area contributed by atoms with E-state index in [0.717, 1.165) is 38.9 Å². The molecule has 0 aromatic heterocycles. The van der Waals surface area contributed by atoms with E-state index in [-0.39, 0.29) is 5.79 Å². The molecule has 0 aromatic rings. The molecule has 14 heavy (non-hydrogen) atoms. The van der Waals surface area contributed by atoms with E-state index in [9.17, 15) is 4.79 Å². The first-order chi connectivity index (χ1) is 6.76. The maximum atomic E-state index is 11.4. The van der Waals surface area contributed by atoms with E-state index < -0.39 is 0 Å². The summed E-state index contributed by atoms with van der Waals surface area (Å²) in [5.41, 5.74) is 0. The van der Waals surface area contributed by atoms with Gasteiger partial charge in [0, 0.05) is 25.7 Å². The smallest absolute Gasteiger partial charge is 0.169 e. The van der Waals surface area contributed by atoms with Crippen molar-refractivity contribution in [3.63, 3.8) is 0 Å². The Labute approximate surface area is 83.8 Å². The minimum atomic E-state index is -0.297. The maximum Gasteiger partial charge on any atom is 0.169 e. The summed E-state index contributed by atoms with van der Waals surface area (Å²) in [6.45, 7) is 1.46. The highest BCUT2D eigenvalue weighted by Crippen LogP contribution is 2.46. The predicted molar refractivity (Wildman–Crippen MR) is 49.7 cm³/mol. The molecule has 2 bridgehead atoms. The Hall–Kier alpha value is -0.410. The van der Waals surface area contributed by atoms with Crippen LogP contribution in [-0.4, -0.2) is 24.8 Å². The van der Waals surface area contributed by atoms with Crippen LogP contribution in [0.15, 0.2) is 0 Å². The Bertz CT molecular complexity index is 237. The molecule has 1 saturated heterocycles. The maximum absolute atomic E-state index is 11.4. The molecular weight excluding hydrogens is 180 g/mol. The van der Waals surface area contributed by atoms with Gasteiger partial charge in [0.05, 0.1) is 13.2 Å². The van der Waals surface area contributed by atoms with Crippen LogP contribution in [0.1, 0.15) is 32.1 Å². The third-order valence-corrected chi connectivity index (χ3v) is 3.71. The molecule has 0 amide bonds. The van der Waals surface area contributed by atoms with Crippen LogP contribution in [0.25, 0.3) is 0 Å². The quantitative estimate of drug-likeness (QED) is 0.589. The van der Waals surface area contributed by atoms with Gasteiger partial charge in [-0.3, -0.25) is 4.79 Å². The monoisotopic (exact) mass is 196 g/mol. The fourth-order valence-electron chi connectivity index (χ4n) is 3.37. The zero-order valence-electron chi connectivity index (χ0n) is 8.33. The van der Waals surface area contributed by atoms with Crippen LogP contribution in [0.4, 0.5) is 0 Å². The summed E-state index contributed by atoms with van der Waals surface area (Å²) >= 11 is 0. The summed E-state index contributed by atoms with van der Waals surface area (Å²) < 4.78 is 11.4. The van der Waals surface area contributed by atoms with Gasteiger partial charge in [-0.05, 0) is 18.3 Å². The first-order valence-corrected chi connectivity index (χ1v) is 5.55. The van der Waals surface area contributed by atoms with Gasteiger partial charge < -0.3 is 9.47 Å². The molecule has 2 unspecified atom stereocenters. The fraction of sp³-hybridized carbons (Fsp3) is 0.909. The van der Waals surface area contributed by atoms with Gasteiger partial charge in [-0.2, -0.15) is 0 Å². The molecule has 0 radical (unpaired) electrons. The lowest BCUT2D eigenvalue weighted by atomic mass is 9.69. The Morgan fingerprint density at radius 2 is 1.64 bits per heavy atom. The van der Waals surface area contributed by atoms with Crippen molar-refractivity contribution in [1.29, 1.82) is 0 Å². The Kier molecular flexibility index (Phi) is 1.92. The molecule has 0 aromatic carbocycles. The van der Waals surface area contributed by atoms with Gasteiger partial charge in [-0.25, -0.2) is 0 Å². The van der Waals surface area contributed by atoms with E-state index in [2.05, 4.69) is 0 Å². The van der Waals surface area contributed by atoms with Crippen molar-refractivity contribution in [2.24, 2.45) is 11.8 Å². The van der Waals surface area contributed by atoms with E-state index in [1.807, 2.05) is 0 Å². The highest BCUT2D eigenvalue weighted by atomic mass is 16.7. The Morgan fingerprint density at radius 1 is 1.07 bits per heavy atom. The van der Waals surface area contributed by atoms with Crippen LogP contribution in [0.3, 0.4) is 0 Å². The number of carbonyl (C=O) groups is 1. The highest BCUT2D eigenvalue weighted by molar-refractivity contribution is 5.79. The lowest BCUT2D eigenvalue weighted by Crippen LogP contribution is -2.43. The number of Topliss-reactive ketones (excluding diaryl/α,β-unsaturated/α-hetero) is 1. The molecule has 3 fully saturated rings. The van der Waals surface area contributed by atoms with Gasteiger partial charge in [0.15, 0.2) is 5.79 Å². The van der Waals surface area contributed by atoms with Crippen molar-refractivity contribution in [1.82, 2.24) is 0 Å². The SMILES string of the molecule is O=C1CC2CC(C1)CC1(C2)OCCO1. The Morgan fingerprint density at radius 3 is 2.21 bits per heavy atom. The summed E-state index contributed by atoms with van der Waals surface area (Å²) in [5, 5.41) is 0. The van der Waals surface area contributed by atoms with Gasteiger partial charge >= 0.3 is 0 Å². The van der Waals surface area contributed by atoms with Gasteiger partial charge in [0.2, 0.25) is 0 Å². The molecule has 2 aliphatic carbocycles. The van der Waals surface area contributed by atoms with Gasteiger partial charge in [0.25, 0.3) is 0 Å². The summed E-state index contributed by atoms with van der Waals surface area (Å²) in [7, 11) is 0. The molecular formula is C11H16O3. The first kappa shape index (κ1) is 8.86. The topological polar surface area (TPSA) is 35.5 Å². The molecule has 78 valence electrons. The minimum Gasteiger partial charge on any atom is -0.348 e. The fourth-order valence-corrected chi connectivity index (χ4v) is 3.37. The van der Waals surface area contributed by atoms with Crippen LogP contribution in [0.5, 0.6) is 0 Å². The van der Waals surface area contributed by atoms with Crippen molar-refractivity contribution in [2.45, 2.75) is 37.9 Å². The molecule has 0 N–H and O–H groups in total. The van der Waals surface area contributed by atoms with Crippen molar-refractivity contribution < 1.29 is 14.3 Å². The normalized spacial score (nSPS) is 40.4. The van der Waals surface area contributed by atoms with Crippen molar-refractivity contribution >= 4 is 5.78 Å². The van der Waals surface area contributed by atoms with Crippen LogP contribution >= 0.6 is 0 Å². The summed E-state index contributed by atoms with van der Waals surface area (Å²) in [4.78, 5) is 11.4. The molecule has 3 heteroatoms. The molecule has 1 heterocycles. The third kappa shape index (κ3) is 1.39. The Balaban J connectivity index is 1.78. The van der Waals surface area contributed by atoms with Crippen molar-refractivity contribution in [3.8, 4) is 0 Å². The van der Waals surface area contributed by atoms with E-state index in [0.29, 0.717) is 17.6 Å². The van der Waals surface area contributed by atoms with Crippen molar-refractivity contribution in [3.05, 3.63) is 0 Å². The molecule has 3 nitrogen and oxygen atoms in total. The average molecular weight is 196 g/mol. The number of ether oxygens (including phenoxy) is 2. The van der Waals surface area contributed by atoms with E-state index in [1.165, 1.54) is 6.42 Å². The standard InChI is InChI=1S/C11H16O3/c12-10-4-8-3-9(5-10)7-11(6-8)13-1-2-14-11/h8-9H,1-7H2. The van der Waals surface area contributed by atoms with E-state index in [4.69, 9.17) is 9.47 Å². The van der Waals surface area contributed by atoms with Crippen LogP contribution in [-0.2, 0) is 14.3 Å². The largest absolute Gasteiger partial charge is 0.348 e. The van der Waals surface area contributed by atoms with Gasteiger partial charge in [-0.1, -0.05) is 0 Å². The molecule has 2 saturated carbocycles. The third-order valence-electron chi connectivity index (χ3n) is 3.71. The van der Waals surface area contributed by atoms with Gasteiger partial charge in [0.1, 0.15) is 5.78 Å². The summed E-state index contributed by atoms with van der Waals surface area (Å²) in [6.07, 6.45) is 4.60. The second-order valence-electron chi connectivity index (χ2n) is 4.93. The highest BCUT2D eigenvalue weighted by Gasteiger charge is 2.47. The lowest BCUT2D eigenvalue weighted by molar-refractivity contribution is -0.202. The summed E-state index contributed by atoms with van der Waals surface area (Å²) in [6, 6.07) is 0. The second kappa shape index (κ2) is 3.04. The zero-order chi connectivity index (χ0) is 9.60. The van der Waals surface area contributed by atoms with Crippen LogP contribution < -0.4 is 0 Å². The van der Waals surface area contributed by atoms with Crippen LogP contribution in [0.2, 0.25) is 0 Å². The zero-order valence-corrected chi connectivity index (χ0v) is 8.33.